The number of para-hydroxylation sites is 1. The first-order valence-corrected chi connectivity index (χ1v) is 6.79. The van der Waals surface area contributed by atoms with Gasteiger partial charge in [-0.2, -0.15) is 13.4 Å². The minimum Gasteiger partial charge on any atom is -0.368 e. The molecule has 0 amide bonds. The maximum Gasteiger partial charge on any atom is 0.299 e. The highest BCUT2D eigenvalue weighted by Crippen LogP contribution is 2.31. The van der Waals surface area contributed by atoms with Crippen LogP contribution < -0.4 is 10.5 Å². The Balaban J connectivity index is 2.40. The van der Waals surface area contributed by atoms with Crippen molar-refractivity contribution < 1.29 is 8.42 Å². The number of nitrogens with two attached hydrogens (primary N) is 1. The van der Waals surface area contributed by atoms with Crippen molar-refractivity contribution in [2.24, 2.45) is 0 Å². The molecular formula is C8H7Cl2N5O2S. The zero-order valence-electron chi connectivity index (χ0n) is 8.68. The highest BCUT2D eigenvalue weighted by atomic mass is 35.5. The third kappa shape index (κ3) is 2.50. The van der Waals surface area contributed by atoms with Crippen molar-refractivity contribution in [3.8, 4) is 0 Å². The van der Waals surface area contributed by atoms with E-state index in [0.717, 1.165) is 0 Å². The van der Waals surface area contributed by atoms with Gasteiger partial charge in [0.1, 0.15) is 0 Å². The third-order valence-corrected chi connectivity index (χ3v) is 3.69. The number of anilines is 2. The van der Waals surface area contributed by atoms with Crippen molar-refractivity contribution in [1.82, 2.24) is 15.2 Å². The van der Waals surface area contributed by atoms with E-state index < -0.39 is 15.2 Å². The Kier molecular flexibility index (Phi) is 3.33. The smallest absolute Gasteiger partial charge is 0.299 e. The standard InChI is InChI=1S/C8H7Cl2N5O2S/c9-4-2-1-3-5(10)6(4)15-18(16,17)8-12-7(11)13-14-8/h1-3,15H,(H3,11,12,13,14). The number of halogens is 2. The Morgan fingerprint density at radius 1 is 1.28 bits per heavy atom. The molecule has 0 aliphatic rings. The van der Waals surface area contributed by atoms with Gasteiger partial charge in [0, 0.05) is 0 Å². The molecule has 18 heavy (non-hydrogen) atoms. The fraction of sp³-hybridized carbons (Fsp3) is 0. The van der Waals surface area contributed by atoms with E-state index in [1.807, 2.05) is 0 Å². The van der Waals surface area contributed by atoms with Gasteiger partial charge >= 0.3 is 0 Å². The molecule has 1 aromatic carbocycles. The van der Waals surface area contributed by atoms with Crippen LogP contribution >= 0.6 is 23.2 Å². The molecule has 0 saturated carbocycles. The van der Waals surface area contributed by atoms with Crippen molar-refractivity contribution >= 4 is 44.9 Å². The maximum atomic E-state index is 11.9. The second kappa shape index (κ2) is 4.63. The summed E-state index contributed by atoms with van der Waals surface area (Å²) >= 11 is 11.7. The molecule has 96 valence electrons. The average Bonchev–Trinajstić information content (AvgIpc) is 2.71. The van der Waals surface area contributed by atoms with Crippen LogP contribution in [0.2, 0.25) is 10.0 Å². The molecule has 0 fully saturated rings. The highest BCUT2D eigenvalue weighted by Gasteiger charge is 2.22. The number of aromatic nitrogens is 3. The third-order valence-electron chi connectivity index (χ3n) is 1.92. The molecule has 0 spiro atoms. The fourth-order valence-corrected chi connectivity index (χ4v) is 2.72. The van der Waals surface area contributed by atoms with Gasteiger partial charge in [0.05, 0.1) is 15.7 Å². The molecule has 2 aromatic rings. The zero-order chi connectivity index (χ0) is 13.3. The first-order chi connectivity index (χ1) is 8.40. The topological polar surface area (TPSA) is 114 Å². The second-order valence-electron chi connectivity index (χ2n) is 3.21. The summed E-state index contributed by atoms with van der Waals surface area (Å²) in [6.45, 7) is 0. The van der Waals surface area contributed by atoms with E-state index in [4.69, 9.17) is 28.9 Å². The Morgan fingerprint density at radius 3 is 2.39 bits per heavy atom. The Morgan fingerprint density at radius 2 is 1.89 bits per heavy atom. The maximum absolute atomic E-state index is 11.9. The van der Waals surface area contributed by atoms with Gasteiger partial charge < -0.3 is 5.73 Å². The number of nitrogen functional groups attached to an aromatic ring is 1. The van der Waals surface area contributed by atoms with Gasteiger partial charge in [0.25, 0.3) is 15.2 Å². The summed E-state index contributed by atoms with van der Waals surface area (Å²) in [6.07, 6.45) is 0. The van der Waals surface area contributed by atoms with Crippen LogP contribution in [-0.2, 0) is 10.0 Å². The first-order valence-electron chi connectivity index (χ1n) is 4.55. The molecule has 0 unspecified atom stereocenters. The van der Waals surface area contributed by atoms with Crippen LogP contribution in [0.15, 0.2) is 23.4 Å². The summed E-state index contributed by atoms with van der Waals surface area (Å²) in [5, 5.41) is 5.50. The lowest BCUT2D eigenvalue weighted by atomic mass is 10.3. The minimum absolute atomic E-state index is 0.0594. The van der Waals surface area contributed by atoms with Gasteiger partial charge in [0.2, 0.25) is 5.95 Å². The monoisotopic (exact) mass is 307 g/mol. The number of H-pyrrole nitrogens is 1. The van der Waals surface area contributed by atoms with Crippen LogP contribution in [0.5, 0.6) is 0 Å². The lowest BCUT2D eigenvalue weighted by molar-refractivity contribution is 0.593. The van der Waals surface area contributed by atoms with E-state index in [2.05, 4.69) is 19.9 Å². The van der Waals surface area contributed by atoms with Crippen LogP contribution in [0.25, 0.3) is 0 Å². The molecular weight excluding hydrogens is 301 g/mol. The normalized spacial score (nSPS) is 11.4. The van der Waals surface area contributed by atoms with E-state index >= 15 is 0 Å². The van der Waals surface area contributed by atoms with E-state index in [0.29, 0.717) is 0 Å². The zero-order valence-corrected chi connectivity index (χ0v) is 11.0. The lowest BCUT2D eigenvalue weighted by Crippen LogP contribution is -2.15. The summed E-state index contributed by atoms with van der Waals surface area (Å²) in [7, 11) is -3.99. The van der Waals surface area contributed by atoms with Crippen molar-refractivity contribution in [2.75, 3.05) is 10.5 Å². The SMILES string of the molecule is Nc1nc(S(=O)(=O)Nc2c(Cl)cccc2Cl)n[nH]1. The Bertz CT molecular complexity index is 664. The number of nitrogens with one attached hydrogen (secondary N) is 2. The van der Waals surface area contributed by atoms with Crippen LogP contribution in [-0.4, -0.2) is 23.6 Å². The molecule has 7 nitrogen and oxygen atoms in total. The summed E-state index contributed by atoms with van der Waals surface area (Å²) in [4.78, 5) is 3.51. The Labute approximate surface area is 112 Å². The average molecular weight is 308 g/mol. The van der Waals surface area contributed by atoms with Crippen molar-refractivity contribution in [2.45, 2.75) is 5.16 Å². The Hall–Kier alpha value is -1.51. The van der Waals surface area contributed by atoms with E-state index in [9.17, 15) is 8.42 Å². The molecule has 1 aromatic heterocycles. The van der Waals surface area contributed by atoms with Crippen molar-refractivity contribution in [3.63, 3.8) is 0 Å². The number of benzene rings is 1. The summed E-state index contributed by atoms with van der Waals surface area (Å²) < 4.78 is 26.0. The molecule has 0 aliphatic carbocycles. The predicted octanol–water partition coefficient (Wildman–Crippen LogP) is 1.49. The van der Waals surface area contributed by atoms with E-state index in [-0.39, 0.29) is 21.7 Å². The van der Waals surface area contributed by atoms with Gasteiger partial charge in [-0.15, -0.1) is 5.10 Å². The first kappa shape index (κ1) is 12.9. The van der Waals surface area contributed by atoms with Crippen molar-refractivity contribution in [3.05, 3.63) is 28.2 Å². The van der Waals surface area contributed by atoms with Gasteiger partial charge in [-0.05, 0) is 12.1 Å². The van der Waals surface area contributed by atoms with Crippen LogP contribution in [0, 0.1) is 0 Å². The molecule has 10 heteroatoms. The molecule has 4 N–H and O–H groups in total. The minimum atomic E-state index is -3.99. The van der Waals surface area contributed by atoms with Gasteiger partial charge in [0.15, 0.2) is 0 Å². The molecule has 0 radical (unpaired) electrons. The van der Waals surface area contributed by atoms with E-state index in [1.165, 1.54) is 12.1 Å². The number of nitrogens with zero attached hydrogens (tertiary/aromatic N) is 2. The fourth-order valence-electron chi connectivity index (χ4n) is 1.15. The largest absolute Gasteiger partial charge is 0.368 e. The number of sulfonamides is 1. The van der Waals surface area contributed by atoms with Gasteiger partial charge in [-0.25, -0.2) is 5.10 Å². The van der Waals surface area contributed by atoms with Crippen molar-refractivity contribution in [1.29, 1.82) is 0 Å². The van der Waals surface area contributed by atoms with Gasteiger partial charge in [-0.1, -0.05) is 29.3 Å². The molecule has 0 saturated heterocycles. The predicted molar refractivity (Wildman–Crippen MR) is 68.1 cm³/mol. The summed E-state index contributed by atoms with van der Waals surface area (Å²) in [5.41, 5.74) is 5.31. The molecule has 0 bridgehead atoms. The van der Waals surface area contributed by atoms with Crippen LogP contribution in [0.4, 0.5) is 11.6 Å². The number of hydrogen-bond acceptors (Lipinski definition) is 5. The molecule has 0 atom stereocenters. The lowest BCUT2D eigenvalue weighted by Gasteiger charge is -2.08. The van der Waals surface area contributed by atoms with Crippen LogP contribution in [0.3, 0.4) is 0 Å². The van der Waals surface area contributed by atoms with Crippen LogP contribution in [0.1, 0.15) is 0 Å². The summed E-state index contributed by atoms with van der Waals surface area (Å²) in [6, 6.07) is 4.59. The molecule has 0 aliphatic heterocycles. The highest BCUT2D eigenvalue weighted by molar-refractivity contribution is 7.92. The molecule has 2 rings (SSSR count). The van der Waals surface area contributed by atoms with E-state index in [1.54, 1.807) is 6.07 Å². The number of hydrogen-bond donors (Lipinski definition) is 3. The summed E-state index contributed by atoms with van der Waals surface area (Å²) in [5.74, 6) is -0.111. The molecule has 1 heterocycles. The quantitative estimate of drug-likeness (QED) is 0.795. The number of aromatic amines is 1. The number of rotatable bonds is 3. The second-order valence-corrected chi connectivity index (χ2v) is 5.60. The van der Waals surface area contributed by atoms with Gasteiger partial charge in [-0.3, -0.25) is 4.72 Å².